The maximum absolute atomic E-state index is 11.4. The summed E-state index contributed by atoms with van der Waals surface area (Å²) in [5.41, 5.74) is 1.18. The smallest absolute Gasteiger partial charge is 0.341 e. The zero-order chi connectivity index (χ0) is 32.0. The van der Waals surface area contributed by atoms with Crippen LogP contribution in [0.2, 0.25) is 0 Å². The largest absolute Gasteiger partial charge is 0.480 e. The second kappa shape index (κ2) is 25.8. The van der Waals surface area contributed by atoms with Gasteiger partial charge in [0.1, 0.15) is 13.2 Å². The molecule has 43 heavy (non-hydrogen) atoms. The van der Waals surface area contributed by atoms with Crippen LogP contribution in [0.3, 0.4) is 0 Å². The molecule has 0 fully saturated rings. The van der Waals surface area contributed by atoms with Crippen LogP contribution in [-0.2, 0) is 28.6 Å². The van der Waals surface area contributed by atoms with Crippen LogP contribution >= 0.6 is 0 Å². The summed E-state index contributed by atoms with van der Waals surface area (Å²) >= 11 is 0. The summed E-state index contributed by atoms with van der Waals surface area (Å²) in [7, 11) is 1.54. The van der Waals surface area contributed by atoms with E-state index in [0.717, 1.165) is 6.92 Å². The van der Waals surface area contributed by atoms with Crippen LogP contribution in [0.4, 0.5) is 0 Å². The highest BCUT2D eigenvalue weighted by molar-refractivity contribution is 5.96. The number of aromatic carboxylic acids is 2. The van der Waals surface area contributed by atoms with Crippen LogP contribution in [0.5, 0.6) is 0 Å². The highest BCUT2D eigenvalue weighted by atomic mass is 16.6. The van der Waals surface area contributed by atoms with Gasteiger partial charge in [0, 0.05) is 19.6 Å². The van der Waals surface area contributed by atoms with Gasteiger partial charge in [-0.15, -0.1) is 0 Å². The number of hydrogen-bond acceptors (Lipinski definition) is 11. The number of aliphatic hydroxyl groups excluding tert-OH is 1. The quantitative estimate of drug-likeness (QED) is 0.147. The van der Waals surface area contributed by atoms with E-state index in [9.17, 15) is 28.8 Å². The van der Waals surface area contributed by atoms with Gasteiger partial charge in [-0.25, -0.2) is 24.0 Å². The molecule has 0 radical (unpaired) electrons. The molecule has 0 aromatic heterocycles. The first-order valence-electron chi connectivity index (χ1n) is 11.2. The number of rotatable bonds is 10. The summed E-state index contributed by atoms with van der Waals surface area (Å²) in [4.78, 5) is 71.7. The topological polar surface area (TPSA) is 248 Å². The molecule has 15 nitrogen and oxygen atoms in total. The summed E-state index contributed by atoms with van der Waals surface area (Å²) < 4.78 is 13.7. The standard InChI is InChI=1S/C12H14O4.C8H6O4.C4H6O4.C2H4O3.2CH4/c1-9(13)10-3-5-11(6-4-10)12(14)16-8-7-15-2;9-7(10)5-1-2-6(4-3-5)8(11)12;1-3(5)8-2-4(6)7;3-1-2(4)5;;/h3-6H,7-8H2,1-2H3;1-4H,(H,9,10)(H,11,12);2H2,1H3,(H,6,7);3H,1H2,(H,4,5);2*1H4. The summed E-state index contributed by atoms with van der Waals surface area (Å²) in [6.07, 6.45) is 0. The van der Waals surface area contributed by atoms with Crippen molar-refractivity contribution in [1.29, 1.82) is 0 Å². The summed E-state index contributed by atoms with van der Waals surface area (Å²) in [6.45, 7) is 1.91. The Balaban J connectivity index is -0.000000251. The molecule has 0 aliphatic heterocycles. The van der Waals surface area contributed by atoms with E-state index >= 15 is 0 Å². The third-order valence-electron chi connectivity index (χ3n) is 3.96. The molecule has 0 unspecified atom stereocenters. The van der Waals surface area contributed by atoms with Gasteiger partial charge >= 0.3 is 35.8 Å². The van der Waals surface area contributed by atoms with Gasteiger partial charge in [0.15, 0.2) is 12.4 Å². The lowest BCUT2D eigenvalue weighted by molar-refractivity contribution is -0.153. The van der Waals surface area contributed by atoms with E-state index in [1.54, 1.807) is 24.3 Å². The Hall–Kier alpha value is -5.15. The fourth-order valence-corrected chi connectivity index (χ4v) is 2.06. The second-order valence-electron chi connectivity index (χ2n) is 7.18. The van der Waals surface area contributed by atoms with E-state index in [0.29, 0.717) is 17.7 Å². The van der Waals surface area contributed by atoms with Crippen LogP contribution in [0.25, 0.3) is 0 Å². The normalized spacial score (nSPS) is 8.65. The van der Waals surface area contributed by atoms with Crippen LogP contribution in [-0.4, -0.2) is 101 Å². The maximum atomic E-state index is 11.4. The predicted octanol–water partition coefficient (Wildman–Crippen LogP) is 2.75. The number of esters is 2. The maximum Gasteiger partial charge on any atom is 0.341 e. The molecule has 0 saturated carbocycles. The Bertz CT molecular complexity index is 1110. The third kappa shape index (κ3) is 24.4. The number of aliphatic carboxylic acids is 2. The molecule has 0 atom stereocenters. The van der Waals surface area contributed by atoms with E-state index in [4.69, 9.17) is 39.8 Å². The Morgan fingerprint density at radius 3 is 1.23 bits per heavy atom. The first kappa shape index (κ1) is 44.9. The first-order chi connectivity index (χ1) is 19.2. The summed E-state index contributed by atoms with van der Waals surface area (Å²) in [5.74, 6) is -5.47. The molecule has 240 valence electrons. The Morgan fingerprint density at radius 1 is 0.605 bits per heavy atom. The monoisotopic (exact) mass is 614 g/mol. The molecule has 0 saturated heterocycles. The van der Waals surface area contributed by atoms with Crippen molar-refractivity contribution in [2.45, 2.75) is 28.7 Å². The number of carbonyl (C=O) groups is 7. The third-order valence-corrected chi connectivity index (χ3v) is 3.96. The number of carboxylic acid groups (broad SMARTS) is 4. The van der Waals surface area contributed by atoms with Crippen LogP contribution in [0.15, 0.2) is 48.5 Å². The predicted molar refractivity (Wildman–Crippen MR) is 151 cm³/mol. The number of aliphatic hydroxyl groups is 1. The number of Topliss-reactive ketones (excluding diaryl/α,β-unsaturated/α-hetero) is 1. The molecule has 15 heteroatoms. The van der Waals surface area contributed by atoms with E-state index in [-0.39, 0.29) is 38.4 Å². The number of carboxylic acids is 4. The number of methoxy groups -OCH3 is 1. The zero-order valence-electron chi connectivity index (χ0n) is 22.3. The molecular weight excluding hydrogens is 576 g/mol. The van der Waals surface area contributed by atoms with Crippen molar-refractivity contribution in [3.05, 3.63) is 70.8 Å². The Labute approximate surface area is 248 Å². The van der Waals surface area contributed by atoms with E-state index < -0.39 is 49.0 Å². The van der Waals surface area contributed by atoms with Crippen molar-refractivity contribution in [1.82, 2.24) is 0 Å². The fraction of sp³-hybridized carbons (Fsp3) is 0.321. The molecule has 5 N–H and O–H groups in total. The van der Waals surface area contributed by atoms with E-state index in [2.05, 4.69) is 4.74 Å². The van der Waals surface area contributed by atoms with Crippen LogP contribution < -0.4 is 0 Å². The molecule has 2 rings (SSSR count). The van der Waals surface area contributed by atoms with Gasteiger partial charge < -0.3 is 39.7 Å². The molecule has 2 aromatic rings. The van der Waals surface area contributed by atoms with Crippen molar-refractivity contribution in [3.63, 3.8) is 0 Å². The zero-order valence-corrected chi connectivity index (χ0v) is 22.3. The number of carbonyl (C=O) groups excluding carboxylic acids is 3. The van der Waals surface area contributed by atoms with Crippen molar-refractivity contribution in [2.24, 2.45) is 0 Å². The summed E-state index contributed by atoms with van der Waals surface area (Å²) in [6, 6.07) is 11.4. The molecule has 0 spiro atoms. The molecule has 0 aliphatic rings. The number of hydrogen-bond donors (Lipinski definition) is 5. The molecule has 2 aromatic carbocycles. The minimum Gasteiger partial charge on any atom is -0.480 e. The van der Waals surface area contributed by atoms with E-state index in [1.165, 1.54) is 38.3 Å². The molecule has 0 aliphatic carbocycles. The van der Waals surface area contributed by atoms with E-state index in [1.807, 2.05) is 0 Å². The molecule has 0 bridgehead atoms. The van der Waals surface area contributed by atoms with Crippen molar-refractivity contribution < 1.29 is 73.3 Å². The minimum atomic E-state index is -1.19. The van der Waals surface area contributed by atoms with Gasteiger partial charge in [0.05, 0.1) is 23.3 Å². The van der Waals surface area contributed by atoms with Crippen LogP contribution in [0.1, 0.15) is 70.1 Å². The number of benzene rings is 2. The van der Waals surface area contributed by atoms with Gasteiger partial charge in [-0.05, 0) is 43.3 Å². The average Bonchev–Trinajstić information content (AvgIpc) is 2.93. The Morgan fingerprint density at radius 2 is 0.977 bits per heavy atom. The highest BCUT2D eigenvalue weighted by Crippen LogP contribution is 2.06. The van der Waals surface area contributed by atoms with Crippen molar-refractivity contribution in [3.8, 4) is 0 Å². The van der Waals surface area contributed by atoms with Gasteiger partial charge in [0.2, 0.25) is 0 Å². The Kier molecular flexibility index (Phi) is 26.9. The van der Waals surface area contributed by atoms with Gasteiger partial charge in [0.25, 0.3) is 0 Å². The fourth-order valence-electron chi connectivity index (χ4n) is 2.06. The SMILES string of the molecule is C.C.CC(=O)OCC(=O)O.COCCOC(=O)c1ccc(C(C)=O)cc1.O=C(O)CO.O=C(O)c1ccc(C(=O)O)cc1. The van der Waals surface area contributed by atoms with Crippen molar-refractivity contribution in [2.75, 3.05) is 33.5 Å². The first-order valence-corrected chi connectivity index (χ1v) is 11.2. The second-order valence-corrected chi connectivity index (χ2v) is 7.18. The van der Waals surface area contributed by atoms with Crippen molar-refractivity contribution >= 4 is 41.6 Å². The van der Waals surface area contributed by atoms with Gasteiger partial charge in [-0.1, -0.05) is 27.0 Å². The lowest BCUT2D eigenvalue weighted by Crippen LogP contribution is -2.10. The summed E-state index contributed by atoms with van der Waals surface area (Å²) in [5, 5.41) is 39.8. The average molecular weight is 615 g/mol. The molecule has 0 amide bonds. The lowest BCUT2D eigenvalue weighted by atomic mass is 10.1. The molecular formula is C28H38O15. The molecule has 0 heterocycles. The minimum absolute atomic E-state index is 0. The van der Waals surface area contributed by atoms with Crippen LogP contribution in [0, 0.1) is 0 Å². The lowest BCUT2D eigenvalue weighted by Gasteiger charge is -2.04. The van der Waals surface area contributed by atoms with Gasteiger partial charge in [-0.3, -0.25) is 9.59 Å². The van der Waals surface area contributed by atoms with Gasteiger partial charge in [-0.2, -0.15) is 0 Å². The number of ether oxygens (including phenoxy) is 3. The number of ketones is 1. The highest BCUT2D eigenvalue weighted by Gasteiger charge is 2.07.